The summed E-state index contributed by atoms with van der Waals surface area (Å²) < 4.78 is 42.1. The van der Waals surface area contributed by atoms with Gasteiger partial charge in [0.2, 0.25) is 5.91 Å². The number of aromatic nitrogens is 2. The smallest absolute Gasteiger partial charge is 0.329 e. The van der Waals surface area contributed by atoms with Gasteiger partial charge in [-0.15, -0.1) is 0 Å². The maximum absolute atomic E-state index is 13.5. The Labute approximate surface area is 167 Å². The summed E-state index contributed by atoms with van der Waals surface area (Å²) >= 11 is 0. The fraction of sp³-hybridized carbons (Fsp3) is 0.619. The van der Waals surface area contributed by atoms with E-state index in [2.05, 4.69) is 6.92 Å². The van der Waals surface area contributed by atoms with Crippen LogP contribution in [0.25, 0.3) is 11.0 Å². The van der Waals surface area contributed by atoms with Crippen LogP contribution in [-0.4, -0.2) is 21.6 Å². The molecule has 1 saturated carbocycles. The van der Waals surface area contributed by atoms with Crippen LogP contribution in [0.2, 0.25) is 0 Å². The number of halogens is 3. The topological polar surface area (TPSA) is 70.0 Å². The van der Waals surface area contributed by atoms with E-state index in [1.54, 1.807) is 0 Å². The Morgan fingerprint density at radius 1 is 1.24 bits per heavy atom. The second-order valence-electron chi connectivity index (χ2n) is 8.53. The lowest BCUT2D eigenvalue weighted by Gasteiger charge is -2.36. The number of alkyl halides is 3. The van der Waals surface area contributed by atoms with Crippen molar-refractivity contribution < 1.29 is 18.0 Å². The van der Waals surface area contributed by atoms with Gasteiger partial charge in [0.05, 0.1) is 16.6 Å². The van der Waals surface area contributed by atoms with Crippen LogP contribution in [0.3, 0.4) is 0 Å². The fourth-order valence-corrected chi connectivity index (χ4v) is 4.64. The molecule has 3 atom stereocenters. The van der Waals surface area contributed by atoms with Crippen molar-refractivity contribution in [3.63, 3.8) is 0 Å². The highest BCUT2D eigenvalue weighted by Gasteiger charge is 2.38. The van der Waals surface area contributed by atoms with Crippen molar-refractivity contribution in [3.05, 3.63) is 34.2 Å². The molecule has 0 amide bonds. The minimum absolute atomic E-state index is 0.00371. The summed E-state index contributed by atoms with van der Waals surface area (Å²) in [4.78, 5) is 26.6. The Kier molecular flexibility index (Phi) is 5.94. The third-order valence-corrected chi connectivity index (χ3v) is 6.17. The maximum Gasteiger partial charge on any atom is 0.416 e. The molecule has 1 aliphatic carbocycles. The van der Waals surface area contributed by atoms with Crippen LogP contribution in [0.15, 0.2) is 23.0 Å². The molecule has 0 aliphatic heterocycles. The van der Waals surface area contributed by atoms with Gasteiger partial charge in [-0.05, 0) is 48.8 Å². The van der Waals surface area contributed by atoms with Gasteiger partial charge in [-0.3, -0.25) is 9.36 Å². The molecule has 8 heteroatoms. The first-order valence-corrected chi connectivity index (χ1v) is 10.1. The summed E-state index contributed by atoms with van der Waals surface area (Å²) in [5.41, 5.74) is 4.40. The molecule has 2 N–H and O–H groups in total. The minimum atomic E-state index is -4.56. The van der Waals surface area contributed by atoms with E-state index in [4.69, 9.17) is 5.73 Å². The first-order chi connectivity index (χ1) is 13.6. The van der Waals surface area contributed by atoms with Gasteiger partial charge in [0.25, 0.3) is 0 Å². The first-order valence-electron chi connectivity index (χ1n) is 10.1. The van der Waals surface area contributed by atoms with Crippen LogP contribution in [0.5, 0.6) is 0 Å². The second kappa shape index (κ2) is 7.97. The van der Waals surface area contributed by atoms with Crippen molar-refractivity contribution in [2.24, 2.45) is 29.4 Å². The lowest BCUT2D eigenvalue weighted by atomic mass is 9.69. The van der Waals surface area contributed by atoms with E-state index >= 15 is 0 Å². The molecule has 2 aromatic rings. The number of benzene rings is 1. The zero-order chi connectivity index (χ0) is 21.5. The SMILES string of the molecule is CC(C)[C@@H]1CC[C@@H](C)C[C@H]1C(=O)n1c(=O)n(CCN)c2ccc(C(F)(F)F)cc21. The Morgan fingerprint density at radius 3 is 2.52 bits per heavy atom. The van der Waals surface area contributed by atoms with Gasteiger partial charge in [0, 0.05) is 19.0 Å². The molecule has 1 aliphatic rings. The van der Waals surface area contributed by atoms with E-state index in [-0.39, 0.29) is 36.4 Å². The number of carbonyl (C=O) groups excluding carboxylic acids is 1. The number of rotatable bonds is 4. The zero-order valence-corrected chi connectivity index (χ0v) is 17.0. The van der Waals surface area contributed by atoms with Gasteiger partial charge in [-0.2, -0.15) is 13.2 Å². The van der Waals surface area contributed by atoms with E-state index in [1.807, 2.05) is 13.8 Å². The molecular weight excluding hydrogens is 383 g/mol. The number of carbonyl (C=O) groups is 1. The molecule has 5 nitrogen and oxygen atoms in total. The fourth-order valence-electron chi connectivity index (χ4n) is 4.64. The summed E-state index contributed by atoms with van der Waals surface area (Å²) in [5.74, 6) is -0.111. The van der Waals surface area contributed by atoms with Crippen LogP contribution < -0.4 is 11.4 Å². The number of nitrogens with zero attached hydrogens (tertiary/aromatic N) is 2. The second-order valence-corrected chi connectivity index (χ2v) is 8.53. The van der Waals surface area contributed by atoms with Crippen molar-refractivity contribution in [1.29, 1.82) is 0 Å². The number of hydrogen-bond acceptors (Lipinski definition) is 3. The standard InChI is InChI=1S/C21H28F3N3O2/c1-12(2)15-6-4-13(3)10-16(15)19(28)27-18-11-14(21(22,23)24)5-7-17(18)26(9-8-25)20(27)29/h5,7,11-13,15-16H,4,6,8-10,25H2,1-3H3/t13-,15+,16-/m1/s1. The van der Waals surface area contributed by atoms with Crippen molar-refractivity contribution in [1.82, 2.24) is 9.13 Å². The summed E-state index contributed by atoms with van der Waals surface area (Å²) in [6.07, 6.45) is -2.04. The van der Waals surface area contributed by atoms with Crippen LogP contribution >= 0.6 is 0 Å². The van der Waals surface area contributed by atoms with Crippen LogP contribution in [0.1, 0.15) is 50.4 Å². The third kappa shape index (κ3) is 3.99. The summed E-state index contributed by atoms with van der Waals surface area (Å²) in [5, 5.41) is 0. The van der Waals surface area contributed by atoms with Gasteiger partial charge in [0.15, 0.2) is 0 Å². The maximum atomic E-state index is 13.5. The van der Waals surface area contributed by atoms with Crippen molar-refractivity contribution in [2.75, 3.05) is 6.54 Å². The largest absolute Gasteiger partial charge is 0.416 e. The molecule has 1 heterocycles. The molecule has 0 spiro atoms. The lowest BCUT2D eigenvalue weighted by Crippen LogP contribution is -2.40. The number of fused-ring (bicyclic) bond motifs is 1. The van der Waals surface area contributed by atoms with E-state index in [9.17, 15) is 22.8 Å². The Balaban J connectivity index is 2.19. The highest BCUT2D eigenvalue weighted by Crippen LogP contribution is 2.39. The Hall–Kier alpha value is -2.09. The Morgan fingerprint density at radius 2 is 1.93 bits per heavy atom. The molecule has 0 saturated heterocycles. The van der Waals surface area contributed by atoms with Crippen molar-refractivity contribution >= 4 is 16.9 Å². The molecular formula is C21H28F3N3O2. The molecule has 0 radical (unpaired) electrons. The average Bonchev–Trinajstić information content (AvgIpc) is 2.91. The molecule has 160 valence electrons. The number of nitrogens with two attached hydrogens (primary N) is 1. The van der Waals surface area contributed by atoms with Gasteiger partial charge in [0.1, 0.15) is 0 Å². The monoisotopic (exact) mass is 411 g/mol. The van der Waals surface area contributed by atoms with E-state index in [1.165, 1.54) is 10.6 Å². The van der Waals surface area contributed by atoms with Crippen LogP contribution in [0.4, 0.5) is 13.2 Å². The molecule has 3 rings (SSSR count). The van der Waals surface area contributed by atoms with Gasteiger partial charge in [-0.25, -0.2) is 9.36 Å². The van der Waals surface area contributed by atoms with Gasteiger partial charge >= 0.3 is 11.9 Å². The predicted molar refractivity (Wildman–Crippen MR) is 106 cm³/mol. The first kappa shape index (κ1) is 21.6. The predicted octanol–water partition coefficient (Wildman–Crippen LogP) is 4.13. The van der Waals surface area contributed by atoms with Gasteiger partial charge in [-0.1, -0.05) is 27.2 Å². The van der Waals surface area contributed by atoms with E-state index in [0.29, 0.717) is 17.9 Å². The molecule has 1 fully saturated rings. The van der Waals surface area contributed by atoms with E-state index < -0.39 is 23.3 Å². The highest BCUT2D eigenvalue weighted by atomic mass is 19.4. The normalized spacial score (nSPS) is 23.1. The third-order valence-electron chi connectivity index (χ3n) is 6.17. The zero-order valence-electron chi connectivity index (χ0n) is 17.0. The summed E-state index contributed by atoms with van der Waals surface area (Å²) in [6, 6.07) is 3.09. The van der Waals surface area contributed by atoms with E-state index in [0.717, 1.165) is 29.5 Å². The number of imidazole rings is 1. The number of hydrogen-bond donors (Lipinski definition) is 1. The van der Waals surface area contributed by atoms with Gasteiger partial charge < -0.3 is 5.73 Å². The molecule has 1 aromatic carbocycles. The van der Waals surface area contributed by atoms with Crippen LogP contribution in [-0.2, 0) is 12.7 Å². The Bertz CT molecular complexity index is 958. The molecule has 1 aromatic heterocycles. The summed E-state index contributed by atoms with van der Waals surface area (Å²) in [6.45, 7) is 6.43. The van der Waals surface area contributed by atoms with Crippen molar-refractivity contribution in [2.45, 2.75) is 52.8 Å². The lowest BCUT2D eigenvalue weighted by molar-refractivity contribution is -0.137. The summed E-state index contributed by atoms with van der Waals surface area (Å²) in [7, 11) is 0. The van der Waals surface area contributed by atoms with Crippen LogP contribution in [0, 0.1) is 23.7 Å². The quantitative estimate of drug-likeness (QED) is 0.822. The van der Waals surface area contributed by atoms with Crippen molar-refractivity contribution in [3.8, 4) is 0 Å². The minimum Gasteiger partial charge on any atom is -0.329 e. The molecule has 29 heavy (non-hydrogen) atoms. The average molecular weight is 411 g/mol. The molecule has 0 bridgehead atoms. The molecule has 0 unspecified atom stereocenters. The highest BCUT2D eigenvalue weighted by molar-refractivity contribution is 5.92.